The number of nitrogens with zero attached hydrogens (tertiary/aromatic N) is 1. The lowest BCUT2D eigenvalue weighted by molar-refractivity contribution is -0.384. The van der Waals surface area contributed by atoms with Gasteiger partial charge in [-0.2, -0.15) is 0 Å². The Labute approximate surface area is 140 Å². The normalized spacial score (nSPS) is 10.1. The van der Waals surface area contributed by atoms with Crippen LogP contribution in [0.15, 0.2) is 36.4 Å². The summed E-state index contributed by atoms with van der Waals surface area (Å²) in [5, 5.41) is 12.7. The minimum atomic E-state index is -0.871. The van der Waals surface area contributed by atoms with E-state index in [1.165, 1.54) is 18.2 Å². The lowest BCUT2D eigenvalue weighted by Crippen LogP contribution is -2.21. The Kier molecular flexibility index (Phi) is 5.12. The van der Waals surface area contributed by atoms with Crippen LogP contribution in [0.25, 0.3) is 0 Å². The van der Waals surface area contributed by atoms with Crippen LogP contribution < -0.4 is 16.8 Å². The molecule has 0 atom stereocenters. The van der Waals surface area contributed by atoms with Crippen LogP contribution in [-0.4, -0.2) is 23.4 Å². The van der Waals surface area contributed by atoms with Crippen molar-refractivity contribution in [3.05, 3.63) is 57.9 Å². The van der Waals surface area contributed by atoms with E-state index >= 15 is 0 Å². The number of nitrogens with two attached hydrogens (primary N) is 2. The summed E-state index contributed by atoms with van der Waals surface area (Å²) in [4.78, 5) is 33.5. The van der Waals surface area contributed by atoms with Crippen LogP contribution in [0.2, 0.25) is 0 Å². The van der Waals surface area contributed by atoms with E-state index in [9.17, 15) is 24.1 Å². The van der Waals surface area contributed by atoms with Crippen molar-refractivity contribution in [2.24, 2.45) is 0 Å². The van der Waals surface area contributed by atoms with Crippen LogP contribution in [0, 0.1) is 15.9 Å². The van der Waals surface area contributed by atoms with Gasteiger partial charge in [0.2, 0.25) is 0 Å². The number of hydrogen-bond acceptors (Lipinski definition) is 7. The number of carbonyl (C=O) groups excluding carboxylic acids is 2. The molecule has 9 nitrogen and oxygen atoms in total. The third kappa shape index (κ3) is 4.64. The minimum absolute atomic E-state index is 0.0480. The number of anilines is 3. The van der Waals surface area contributed by atoms with E-state index in [1.54, 1.807) is 0 Å². The molecule has 0 aromatic heterocycles. The molecular weight excluding hydrogens is 335 g/mol. The highest BCUT2D eigenvalue weighted by molar-refractivity contribution is 5.96. The average Bonchev–Trinajstić information content (AvgIpc) is 2.53. The first-order valence-corrected chi connectivity index (χ1v) is 6.83. The van der Waals surface area contributed by atoms with E-state index in [-0.39, 0.29) is 16.9 Å². The summed E-state index contributed by atoms with van der Waals surface area (Å²) in [6.45, 7) is -0.727. The number of hydrogen-bond donors (Lipinski definition) is 3. The molecule has 0 bridgehead atoms. The van der Waals surface area contributed by atoms with Gasteiger partial charge in [-0.1, -0.05) is 0 Å². The van der Waals surface area contributed by atoms with Crippen molar-refractivity contribution in [1.82, 2.24) is 0 Å². The third-order valence-corrected chi connectivity index (χ3v) is 2.98. The highest BCUT2D eigenvalue weighted by Crippen LogP contribution is 2.21. The largest absolute Gasteiger partial charge is 0.452 e. The van der Waals surface area contributed by atoms with Gasteiger partial charge in [0.25, 0.3) is 11.6 Å². The van der Waals surface area contributed by atoms with Crippen LogP contribution in [0.3, 0.4) is 0 Å². The quantitative estimate of drug-likeness (QED) is 0.322. The summed E-state index contributed by atoms with van der Waals surface area (Å²) in [5.74, 6) is -2.59. The zero-order valence-electron chi connectivity index (χ0n) is 12.7. The van der Waals surface area contributed by atoms with Crippen molar-refractivity contribution in [2.45, 2.75) is 0 Å². The Bertz CT molecular complexity index is 836. The molecule has 0 aliphatic heterocycles. The number of benzene rings is 2. The second kappa shape index (κ2) is 7.25. The molecule has 1 amide bonds. The lowest BCUT2D eigenvalue weighted by Gasteiger charge is -2.08. The van der Waals surface area contributed by atoms with Crippen LogP contribution in [-0.2, 0) is 9.53 Å². The van der Waals surface area contributed by atoms with E-state index in [4.69, 9.17) is 16.2 Å². The van der Waals surface area contributed by atoms with Crippen molar-refractivity contribution < 1.29 is 23.6 Å². The van der Waals surface area contributed by atoms with Crippen molar-refractivity contribution in [3.8, 4) is 0 Å². The fourth-order valence-corrected chi connectivity index (χ4v) is 1.92. The van der Waals surface area contributed by atoms with Crippen LogP contribution in [0.4, 0.5) is 27.1 Å². The van der Waals surface area contributed by atoms with Gasteiger partial charge in [-0.15, -0.1) is 0 Å². The van der Waals surface area contributed by atoms with E-state index in [2.05, 4.69) is 5.32 Å². The highest BCUT2D eigenvalue weighted by Gasteiger charge is 2.15. The molecule has 0 heterocycles. The van der Waals surface area contributed by atoms with Crippen molar-refractivity contribution >= 4 is 34.6 Å². The molecule has 0 unspecified atom stereocenters. The molecule has 10 heteroatoms. The number of non-ortho nitro benzene ring substituents is 1. The first kappa shape index (κ1) is 17.7. The molecule has 0 aliphatic rings. The smallest absolute Gasteiger partial charge is 0.338 e. The summed E-state index contributed by atoms with van der Waals surface area (Å²) in [6.07, 6.45) is 0. The maximum atomic E-state index is 13.6. The van der Waals surface area contributed by atoms with Gasteiger partial charge in [0, 0.05) is 23.5 Å². The number of rotatable bonds is 5. The fraction of sp³-hybridized carbons (Fsp3) is 0.0667. The molecule has 2 aromatic carbocycles. The predicted octanol–water partition coefficient (Wildman–Crippen LogP) is 1.69. The molecule has 25 heavy (non-hydrogen) atoms. The number of nitrogens with one attached hydrogen (secondary N) is 1. The molecule has 0 saturated heterocycles. The third-order valence-electron chi connectivity index (χ3n) is 2.98. The van der Waals surface area contributed by atoms with Gasteiger partial charge in [0.15, 0.2) is 6.61 Å². The Hall–Kier alpha value is -3.69. The predicted molar refractivity (Wildman–Crippen MR) is 87.2 cm³/mol. The van der Waals surface area contributed by atoms with Gasteiger partial charge in [-0.05, 0) is 24.3 Å². The molecule has 0 radical (unpaired) electrons. The first-order valence-electron chi connectivity index (χ1n) is 6.83. The van der Waals surface area contributed by atoms with E-state index < -0.39 is 40.6 Å². The number of nitro groups is 1. The summed E-state index contributed by atoms with van der Waals surface area (Å²) in [6, 6.07) is 6.72. The lowest BCUT2D eigenvalue weighted by atomic mass is 10.2. The Balaban J connectivity index is 2.00. The number of nitro benzene ring substituents is 1. The van der Waals surface area contributed by atoms with Crippen LogP contribution in [0.5, 0.6) is 0 Å². The number of halogens is 1. The zero-order chi connectivity index (χ0) is 18.6. The number of amides is 1. The minimum Gasteiger partial charge on any atom is -0.452 e. The Morgan fingerprint density at radius 3 is 2.40 bits per heavy atom. The topological polar surface area (TPSA) is 151 Å². The number of ether oxygens (including phenoxy) is 1. The molecule has 5 N–H and O–H groups in total. The molecule has 2 aromatic rings. The standard InChI is InChI=1S/C15H13FN4O5/c16-12-2-1-11(20(23)24)6-13(12)19-14(21)7-25-15(22)8-3-9(17)5-10(18)4-8/h1-6H,7,17-18H2,(H,19,21). The Morgan fingerprint density at radius 1 is 1.16 bits per heavy atom. The number of esters is 1. The van der Waals surface area contributed by atoms with Crippen molar-refractivity contribution in [2.75, 3.05) is 23.4 Å². The Morgan fingerprint density at radius 2 is 1.80 bits per heavy atom. The SMILES string of the molecule is Nc1cc(N)cc(C(=O)OCC(=O)Nc2cc([N+](=O)[O-])ccc2F)c1. The number of nitrogen functional groups attached to an aromatic ring is 2. The molecular formula is C15H13FN4O5. The van der Waals surface area contributed by atoms with Gasteiger partial charge in [-0.3, -0.25) is 14.9 Å². The second-order valence-electron chi connectivity index (χ2n) is 4.93. The fourth-order valence-electron chi connectivity index (χ4n) is 1.92. The van der Waals surface area contributed by atoms with Crippen LogP contribution in [0.1, 0.15) is 10.4 Å². The molecule has 2 rings (SSSR count). The maximum absolute atomic E-state index is 13.6. The van der Waals surface area contributed by atoms with Crippen molar-refractivity contribution in [3.63, 3.8) is 0 Å². The highest BCUT2D eigenvalue weighted by atomic mass is 19.1. The molecule has 130 valence electrons. The van der Waals surface area contributed by atoms with Gasteiger partial charge >= 0.3 is 5.97 Å². The summed E-state index contributed by atoms with van der Waals surface area (Å²) in [7, 11) is 0. The van der Waals surface area contributed by atoms with Crippen LogP contribution >= 0.6 is 0 Å². The van der Waals surface area contributed by atoms with E-state index in [1.807, 2.05) is 0 Å². The molecule has 0 spiro atoms. The summed E-state index contributed by atoms with van der Waals surface area (Å²) in [5.41, 5.74) is 10.8. The van der Waals surface area contributed by atoms with Gasteiger partial charge in [-0.25, -0.2) is 9.18 Å². The summed E-state index contributed by atoms with van der Waals surface area (Å²) >= 11 is 0. The maximum Gasteiger partial charge on any atom is 0.338 e. The van der Waals surface area contributed by atoms with Gasteiger partial charge in [0.05, 0.1) is 16.2 Å². The monoisotopic (exact) mass is 348 g/mol. The molecule has 0 fully saturated rings. The molecule has 0 aliphatic carbocycles. The average molecular weight is 348 g/mol. The first-order chi connectivity index (χ1) is 11.8. The van der Waals surface area contributed by atoms with E-state index in [0.717, 1.165) is 18.2 Å². The second-order valence-corrected chi connectivity index (χ2v) is 4.93. The number of carbonyl (C=O) groups is 2. The zero-order valence-corrected chi connectivity index (χ0v) is 12.7. The van der Waals surface area contributed by atoms with Gasteiger partial charge < -0.3 is 21.5 Å². The molecule has 0 saturated carbocycles. The van der Waals surface area contributed by atoms with E-state index in [0.29, 0.717) is 0 Å². The summed E-state index contributed by atoms with van der Waals surface area (Å²) < 4.78 is 18.3. The van der Waals surface area contributed by atoms with Gasteiger partial charge in [0.1, 0.15) is 5.82 Å². The van der Waals surface area contributed by atoms with Crippen molar-refractivity contribution in [1.29, 1.82) is 0 Å².